The van der Waals surface area contributed by atoms with Crippen molar-refractivity contribution in [2.75, 3.05) is 7.05 Å². The molecule has 7 heteroatoms. The first-order chi connectivity index (χ1) is 13.4. The Bertz CT molecular complexity index is 682. The maximum absolute atomic E-state index is 12.9. The monoisotopic (exact) mass is 406 g/mol. The molecule has 29 heavy (non-hydrogen) atoms. The molecule has 0 aliphatic heterocycles. The SMILES string of the molecule is CC(C)C[C@H](NC(=O)OC(C)(C)C)C(=O)N(C)[C@@H](C)C(=O)OCc1ccccc1. The molecule has 1 aromatic rings. The fraction of sp³-hybridized carbons (Fsp3) is 0.591. The lowest BCUT2D eigenvalue weighted by atomic mass is 10.0. The van der Waals surface area contributed by atoms with E-state index in [4.69, 9.17) is 9.47 Å². The van der Waals surface area contributed by atoms with Gasteiger partial charge in [-0.1, -0.05) is 44.2 Å². The molecule has 1 N–H and O–H groups in total. The van der Waals surface area contributed by atoms with E-state index < -0.39 is 29.7 Å². The molecule has 0 unspecified atom stereocenters. The maximum atomic E-state index is 12.9. The van der Waals surface area contributed by atoms with Crippen molar-refractivity contribution in [3.8, 4) is 0 Å². The van der Waals surface area contributed by atoms with Crippen LogP contribution in [0.15, 0.2) is 30.3 Å². The number of alkyl carbamates (subject to hydrolysis) is 1. The summed E-state index contributed by atoms with van der Waals surface area (Å²) in [6.45, 7) is 10.9. The smallest absolute Gasteiger partial charge is 0.408 e. The van der Waals surface area contributed by atoms with Crippen molar-refractivity contribution in [3.63, 3.8) is 0 Å². The molecule has 7 nitrogen and oxygen atoms in total. The van der Waals surface area contributed by atoms with Crippen molar-refractivity contribution in [3.05, 3.63) is 35.9 Å². The van der Waals surface area contributed by atoms with E-state index in [2.05, 4.69) is 5.32 Å². The van der Waals surface area contributed by atoms with Crippen LogP contribution in [0.3, 0.4) is 0 Å². The number of nitrogens with one attached hydrogen (secondary N) is 1. The number of carbonyl (C=O) groups excluding carboxylic acids is 3. The van der Waals surface area contributed by atoms with Crippen molar-refractivity contribution >= 4 is 18.0 Å². The number of benzene rings is 1. The van der Waals surface area contributed by atoms with Crippen molar-refractivity contribution in [2.24, 2.45) is 5.92 Å². The Labute approximate surface area is 173 Å². The summed E-state index contributed by atoms with van der Waals surface area (Å²) in [6, 6.07) is 7.74. The number of carbonyl (C=O) groups is 3. The zero-order valence-electron chi connectivity index (χ0n) is 18.5. The molecule has 0 saturated heterocycles. The summed E-state index contributed by atoms with van der Waals surface area (Å²) in [7, 11) is 1.53. The molecule has 2 amide bonds. The summed E-state index contributed by atoms with van der Waals surface area (Å²) in [5.74, 6) is -0.716. The normalized spacial score (nSPS) is 13.4. The predicted molar refractivity (Wildman–Crippen MR) is 111 cm³/mol. The van der Waals surface area contributed by atoms with Crippen LogP contribution >= 0.6 is 0 Å². The molecule has 162 valence electrons. The molecule has 0 aliphatic carbocycles. The van der Waals surface area contributed by atoms with Gasteiger partial charge in [-0.2, -0.15) is 0 Å². The Morgan fingerprint density at radius 1 is 1.07 bits per heavy atom. The molecule has 0 radical (unpaired) electrons. The van der Waals surface area contributed by atoms with Gasteiger partial charge in [-0.05, 0) is 45.6 Å². The molecule has 2 atom stereocenters. The number of ether oxygens (including phenoxy) is 2. The van der Waals surface area contributed by atoms with Gasteiger partial charge in [0.05, 0.1) is 0 Å². The third-order valence-electron chi connectivity index (χ3n) is 4.19. The average Bonchev–Trinajstić information content (AvgIpc) is 2.62. The van der Waals surface area contributed by atoms with Gasteiger partial charge in [0.25, 0.3) is 0 Å². The van der Waals surface area contributed by atoms with Crippen LogP contribution in [-0.2, 0) is 25.7 Å². The molecule has 0 aliphatic rings. The summed E-state index contributed by atoms with van der Waals surface area (Å²) in [6.07, 6.45) is -0.238. The predicted octanol–water partition coefficient (Wildman–Crippen LogP) is 3.52. The van der Waals surface area contributed by atoms with Gasteiger partial charge >= 0.3 is 12.1 Å². The van der Waals surface area contributed by atoms with E-state index in [1.165, 1.54) is 11.9 Å². The quantitative estimate of drug-likeness (QED) is 0.668. The summed E-state index contributed by atoms with van der Waals surface area (Å²) in [4.78, 5) is 38.8. The van der Waals surface area contributed by atoms with Crippen molar-refractivity contribution < 1.29 is 23.9 Å². The first kappa shape index (κ1) is 24.5. The standard InChI is InChI=1S/C22H34N2O5/c1-15(2)13-18(23-21(27)29-22(4,5)6)19(25)24(7)16(3)20(26)28-14-17-11-9-8-10-12-17/h8-12,15-16,18H,13-14H2,1-7H3,(H,23,27)/t16-,18-/m0/s1. The van der Waals surface area contributed by atoms with Crippen molar-refractivity contribution in [1.29, 1.82) is 0 Å². The average molecular weight is 407 g/mol. The zero-order valence-corrected chi connectivity index (χ0v) is 18.5. The number of nitrogens with zero attached hydrogens (tertiary/aromatic N) is 1. The Morgan fingerprint density at radius 2 is 1.66 bits per heavy atom. The zero-order chi connectivity index (χ0) is 22.2. The highest BCUT2D eigenvalue weighted by molar-refractivity contribution is 5.89. The molecule has 1 rings (SSSR count). The number of esters is 1. The number of hydrogen-bond donors (Lipinski definition) is 1. The first-order valence-corrected chi connectivity index (χ1v) is 9.87. The topological polar surface area (TPSA) is 84.9 Å². The van der Waals surface area contributed by atoms with Crippen LogP contribution in [0.5, 0.6) is 0 Å². The molecule has 0 heterocycles. The van der Waals surface area contributed by atoms with E-state index in [1.54, 1.807) is 27.7 Å². The molecule has 0 bridgehead atoms. The minimum Gasteiger partial charge on any atom is -0.459 e. The number of amides is 2. The highest BCUT2D eigenvalue weighted by atomic mass is 16.6. The van der Waals surface area contributed by atoms with Gasteiger partial charge in [-0.3, -0.25) is 4.79 Å². The van der Waals surface area contributed by atoms with Gasteiger partial charge < -0.3 is 19.7 Å². The second-order valence-corrected chi connectivity index (χ2v) is 8.55. The van der Waals surface area contributed by atoms with Crippen LogP contribution in [-0.4, -0.2) is 47.6 Å². The van der Waals surface area contributed by atoms with Gasteiger partial charge in [-0.15, -0.1) is 0 Å². The minimum absolute atomic E-state index is 0.137. The highest BCUT2D eigenvalue weighted by Crippen LogP contribution is 2.13. The van der Waals surface area contributed by atoms with E-state index >= 15 is 0 Å². The van der Waals surface area contributed by atoms with E-state index in [0.717, 1.165) is 5.56 Å². The van der Waals surface area contributed by atoms with Crippen LogP contribution in [0.25, 0.3) is 0 Å². The maximum Gasteiger partial charge on any atom is 0.408 e. The summed E-state index contributed by atoms with van der Waals surface area (Å²) < 4.78 is 10.6. The van der Waals surface area contributed by atoms with Crippen LogP contribution in [0, 0.1) is 5.92 Å². The highest BCUT2D eigenvalue weighted by Gasteiger charge is 2.31. The third kappa shape index (κ3) is 8.98. The molecule has 0 spiro atoms. The minimum atomic E-state index is -0.792. The molecule has 0 fully saturated rings. The van der Waals surface area contributed by atoms with Gasteiger partial charge in [0, 0.05) is 7.05 Å². The first-order valence-electron chi connectivity index (χ1n) is 9.87. The summed E-state index contributed by atoms with van der Waals surface area (Å²) in [5, 5.41) is 2.63. The fourth-order valence-corrected chi connectivity index (χ4v) is 2.59. The Balaban J connectivity index is 2.74. The summed E-state index contributed by atoms with van der Waals surface area (Å²) in [5.41, 5.74) is 0.196. The van der Waals surface area contributed by atoms with Gasteiger partial charge in [0.15, 0.2) is 0 Å². The lowest BCUT2D eigenvalue weighted by Gasteiger charge is -2.29. The molecular formula is C22H34N2O5. The third-order valence-corrected chi connectivity index (χ3v) is 4.19. The Kier molecular flexibility index (Phi) is 9.14. The van der Waals surface area contributed by atoms with Crippen LogP contribution in [0.4, 0.5) is 4.79 Å². The van der Waals surface area contributed by atoms with Gasteiger partial charge in [0.1, 0.15) is 24.3 Å². The molecule has 0 saturated carbocycles. The molecular weight excluding hydrogens is 372 g/mol. The van der Waals surface area contributed by atoms with Gasteiger partial charge in [-0.25, -0.2) is 9.59 Å². The molecule has 0 aromatic heterocycles. The summed E-state index contributed by atoms with van der Waals surface area (Å²) >= 11 is 0. The second kappa shape index (κ2) is 10.8. The van der Waals surface area contributed by atoms with Crippen molar-refractivity contribution in [2.45, 2.75) is 72.3 Å². The lowest BCUT2D eigenvalue weighted by molar-refractivity contribution is -0.155. The lowest BCUT2D eigenvalue weighted by Crippen LogP contribution is -2.52. The Morgan fingerprint density at radius 3 is 2.17 bits per heavy atom. The number of hydrogen-bond acceptors (Lipinski definition) is 5. The van der Waals surface area contributed by atoms with E-state index in [1.807, 2.05) is 44.2 Å². The van der Waals surface area contributed by atoms with E-state index in [-0.39, 0.29) is 18.4 Å². The fourth-order valence-electron chi connectivity index (χ4n) is 2.59. The van der Waals surface area contributed by atoms with E-state index in [9.17, 15) is 14.4 Å². The molecule has 1 aromatic carbocycles. The van der Waals surface area contributed by atoms with Crippen LogP contribution in [0.2, 0.25) is 0 Å². The van der Waals surface area contributed by atoms with E-state index in [0.29, 0.717) is 6.42 Å². The van der Waals surface area contributed by atoms with Crippen molar-refractivity contribution in [1.82, 2.24) is 10.2 Å². The van der Waals surface area contributed by atoms with Gasteiger partial charge in [0.2, 0.25) is 5.91 Å². The second-order valence-electron chi connectivity index (χ2n) is 8.55. The number of rotatable bonds is 8. The number of likely N-dealkylation sites (N-methyl/N-ethyl adjacent to an activating group) is 1. The van der Waals surface area contributed by atoms with Crippen LogP contribution < -0.4 is 5.32 Å². The largest absolute Gasteiger partial charge is 0.459 e. The Hall–Kier alpha value is -2.57. The van der Waals surface area contributed by atoms with Crippen LogP contribution in [0.1, 0.15) is 53.5 Å².